The molecule has 1 amide bonds. The number of halogens is 1. The molecule has 37 heavy (non-hydrogen) atoms. The number of aryl methyl sites for hydroxylation is 1. The number of likely N-dealkylation sites (N-methyl/N-ethyl adjacent to an activating group) is 1. The van der Waals surface area contributed by atoms with E-state index in [9.17, 15) is 4.79 Å². The quantitative estimate of drug-likeness (QED) is 0.321. The molecule has 2 N–H and O–H groups in total. The van der Waals surface area contributed by atoms with Crippen molar-refractivity contribution in [3.8, 4) is 17.3 Å². The molecule has 2 aliphatic rings. The molecule has 8 nitrogen and oxygen atoms in total. The first-order valence-corrected chi connectivity index (χ1v) is 13.6. The Hall–Kier alpha value is -3.24. The smallest absolute Gasteiger partial charge is 0.320 e. The molecule has 0 spiro atoms. The summed E-state index contributed by atoms with van der Waals surface area (Å²) in [5.74, 6) is 0.723. The SMILES string of the molecule is C=CC(=O)NCCNc1nc(OC[C@@H]2CCCN2C)nc2nc(-c3cccc4c3SCCC4)c(F)cc12. The topological polar surface area (TPSA) is 92.3 Å². The second-order valence-electron chi connectivity index (χ2n) is 9.30. The number of carbonyl (C=O) groups is 1. The molecule has 2 aromatic heterocycles. The number of ether oxygens (including phenoxy) is 1. The molecule has 0 bridgehead atoms. The van der Waals surface area contributed by atoms with Gasteiger partial charge in [-0.05, 0) is 62.7 Å². The number of aromatic nitrogens is 3. The minimum absolute atomic E-state index is 0.194. The summed E-state index contributed by atoms with van der Waals surface area (Å²) >= 11 is 1.75. The van der Waals surface area contributed by atoms with Crippen LogP contribution in [0.3, 0.4) is 0 Å². The normalized spacial score (nSPS) is 17.4. The fourth-order valence-electron chi connectivity index (χ4n) is 4.77. The fraction of sp³-hybridized carbons (Fsp3) is 0.407. The Morgan fingerprint density at radius 1 is 1.30 bits per heavy atom. The number of amides is 1. The molecule has 1 atom stereocenters. The molecule has 3 aromatic rings. The first-order chi connectivity index (χ1) is 18.0. The molecular formula is C27H31FN6O2S. The summed E-state index contributed by atoms with van der Waals surface area (Å²) in [6.07, 6.45) is 5.50. The van der Waals surface area contributed by atoms with E-state index >= 15 is 4.39 Å². The molecule has 4 heterocycles. The van der Waals surface area contributed by atoms with Gasteiger partial charge in [0.1, 0.15) is 23.9 Å². The van der Waals surface area contributed by atoms with Gasteiger partial charge in [0.2, 0.25) is 5.91 Å². The lowest BCUT2D eigenvalue weighted by Gasteiger charge is -2.20. The predicted molar refractivity (Wildman–Crippen MR) is 145 cm³/mol. The molecule has 10 heteroatoms. The predicted octanol–water partition coefficient (Wildman–Crippen LogP) is 4.06. The molecule has 2 aliphatic heterocycles. The maximum atomic E-state index is 15.5. The summed E-state index contributed by atoms with van der Waals surface area (Å²) < 4.78 is 21.5. The van der Waals surface area contributed by atoms with Crippen LogP contribution in [0.2, 0.25) is 0 Å². The molecule has 0 aliphatic carbocycles. The van der Waals surface area contributed by atoms with Gasteiger partial charge in [-0.2, -0.15) is 9.97 Å². The van der Waals surface area contributed by atoms with Gasteiger partial charge < -0.3 is 20.3 Å². The number of hydrogen-bond acceptors (Lipinski definition) is 8. The fourth-order valence-corrected chi connectivity index (χ4v) is 5.94. The molecule has 1 aromatic carbocycles. The van der Waals surface area contributed by atoms with Crippen LogP contribution in [0.15, 0.2) is 41.8 Å². The Labute approximate surface area is 220 Å². The highest BCUT2D eigenvalue weighted by Gasteiger charge is 2.23. The number of rotatable bonds is 9. The van der Waals surface area contributed by atoms with Gasteiger partial charge in [0.15, 0.2) is 5.65 Å². The zero-order chi connectivity index (χ0) is 25.8. The van der Waals surface area contributed by atoms with Gasteiger partial charge in [0.05, 0.1) is 5.39 Å². The standard InChI is InChI=1S/C27H31FN6O2S/c1-3-22(35)29-11-12-30-25-20-15-21(28)23(19-10-4-7-17-8-6-14-37-24(17)19)31-26(20)33-27(32-25)36-16-18-9-5-13-34(18)2/h3-4,7,10,15,18H,1,5-6,8-9,11-14,16H2,2H3,(H,29,35)(H,30,31,32,33)/t18-/m0/s1. The first-order valence-electron chi connectivity index (χ1n) is 12.6. The Morgan fingerprint density at radius 2 is 2.19 bits per heavy atom. The van der Waals surface area contributed by atoms with E-state index in [1.807, 2.05) is 12.1 Å². The maximum Gasteiger partial charge on any atom is 0.320 e. The lowest BCUT2D eigenvalue weighted by Crippen LogP contribution is -2.31. The Balaban J connectivity index is 1.49. The third-order valence-corrected chi connectivity index (χ3v) is 8.05. The van der Waals surface area contributed by atoms with Crippen LogP contribution in [0.25, 0.3) is 22.3 Å². The number of pyridine rings is 1. The highest BCUT2D eigenvalue weighted by atomic mass is 32.2. The number of hydrogen-bond donors (Lipinski definition) is 2. The van der Waals surface area contributed by atoms with Gasteiger partial charge in [-0.1, -0.05) is 24.8 Å². The molecule has 5 rings (SSSR count). The van der Waals surface area contributed by atoms with E-state index in [2.05, 4.69) is 50.2 Å². The van der Waals surface area contributed by atoms with E-state index in [0.717, 1.165) is 48.4 Å². The second kappa shape index (κ2) is 11.4. The zero-order valence-corrected chi connectivity index (χ0v) is 21.7. The van der Waals surface area contributed by atoms with Crippen LogP contribution < -0.4 is 15.4 Å². The van der Waals surface area contributed by atoms with Crippen molar-refractivity contribution in [1.82, 2.24) is 25.2 Å². The van der Waals surface area contributed by atoms with E-state index in [1.165, 1.54) is 17.7 Å². The van der Waals surface area contributed by atoms with Crippen LogP contribution in [0, 0.1) is 5.82 Å². The van der Waals surface area contributed by atoms with Crippen LogP contribution in [-0.4, -0.2) is 70.8 Å². The monoisotopic (exact) mass is 522 g/mol. The number of likely N-dealkylation sites (tertiary alicyclic amines) is 1. The first kappa shape index (κ1) is 25.4. The molecular weight excluding hydrogens is 491 g/mol. The van der Waals surface area contributed by atoms with Crippen LogP contribution in [-0.2, 0) is 11.2 Å². The van der Waals surface area contributed by atoms with Crippen molar-refractivity contribution >= 4 is 34.5 Å². The number of fused-ring (bicyclic) bond motifs is 2. The van der Waals surface area contributed by atoms with Crippen LogP contribution >= 0.6 is 11.8 Å². The van der Waals surface area contributed by atoms with E-state index in [0.29, 0.717) is 42.6 Å². The average Bonchev–Trinajstić information content (AvgIpc) is 3.33. The van der Waals surface area contributed by atoms with Gasteiger partial charge in [0, 0.05) is 29.6 Å². The zero-order valence-electron chi connectivity index (χ0n) is 20.9. The van der Waals surface area contributed by atoms with Crippen molar-refractivity contribution in [3.63, 3.8) is 0 Å². The van der Waals surface area contributed by atoms with Crippen LogP contribution in [0.1, 0.15) is 24.8 Å². The average molecular weight is 523 g/mol. The van der Waals surface area contributed by atoms with Crippen molar-refractivity contribution in [2.24, 2.45) is 0 Å². The van der Waals surface area contributed by atoms with Crippen molar-refractivity contribution in [2.45, 2.75) is 36.6 Å². The summed E-state index contributed by atoms with van der Waals surface area (Å²) in [4.78, 5) is 28.6. The number of benzene rings is 1. The maximum absolute atomic E-state index is 15.5. The number of carbonyl (C=O) groups excluding carboxylic acids is 1. The van der Waals surface area contributed by atoms with E-state index in [4.69, 9.17) is 4.74 Å². The molecule has 0 radical (unpaired) electrons. The van der Waals surface area contributed by atoms with Gasteiger partial charge in [-0.15, -0.1) is 11.8 Å². The van der Waals surface area contributed by atoms with E-state index < -0.39 is 5.82 Å². The summed E-state index contributed by atoms with van der Waals surface area (Å²) in [5.41, 5.74) is 2.66. The van der Waals surface area contributed by atoms with E-state index in [1.54, 1.807) is 11.8 Å². The van der Waals surface area contributed by atoms with Gasteiger partial charge in [-0.25, -0.2) is 9.37 Å². The summed E-state index contributed by atoms with van der Waals surface area (Å²) in [7, 11) is 2.09. The highest BCUT2D eigenvalue weighted by molar-refractivity contribution is 7.99. The number of nitrogens with one attached hydrogen (secondary N) is 2. The van der Waals surface area contributed by atoms with E-state index in [-0.39, 0.29) is 17.6 Å². The van der Waals surface area contributed by atoms with Crippen LogP contribution in [0.5, 0.6) is 6.01 Å². The molecule has 0 saturated carbocycles. The highest BCUT2D eigenvalue weighted by Crippen LogP contribution is 2.39. The lowest BCUT2D eigenvalue weighted by molar-refractivity contribution is -0.116. The molecule has 194 valence electrons. The lowest BCUT2D eigenvalue weighted by atomic mass is 10.0. The third-order valence-electron chi connectivity index (χ3n) is 6.79. The third kappa shape index (κ3) is 5.70. The number of nitrogens with zero attached hydrogens (tertiary/aromatic N) is 4. The number of anilines is 1. The minimum Gasteiger partial charge on any atom is -0.462 e. The van der Waals surface area contributed by atoms with Crippen LogP contribution in [0.4, 0.5) is 10.2 Å². The molecule has 1 fully saturated rings. The van der Waals surface area contributed by atoms with Gasteiger partial charge in [0.25, 0.3) is 0 Å². The largest absolute Gasteiger partial charge is 0.462 e. The number of thioether (sulfide) groups is 1. The summed E-state index contributed by atoms with van der Waals surface area (Å²) in [6.45, 7) is 5.69. The van der Waals surface area contributed by atoms with Gasteiger partial charge >= 0.3 is 6.01 Å². The van der Waals surface area contributed by atoms with Crippen molar-refractivity contribution < 1.29 is 13.9 Å². The Kier molecular flexibility index (Phi) is 7.85. The Bertz CT molecular complexity index is 1320. The summed E-state index contributed by atoms with van der Waals surface area (Å²) in [5, 5.41) is 6.35. The van der Waals surface area contributed by atoms with Crippen molar-refractivity contribution in [1.29, 1.82) is 0 Å². The van der Waals surface area contributed by atoms with Crippen molar-refractivity contribution in [2.75, 3.05) is 44.4 Å². The molecule has 1 saturated heterocycles. The summed E-state index contributed by atoms with van der Waals surface area (Å²) in [6, 6.07) is 7.91. The molecule has 0 unspecified atom stereocenters. The minimum atomic E-state index is -0.431. The van der Waals surface area contributed by atoms with Crippen molar-refractivity contribution in [3.05, 3.63) is 48.3 Å². The second-order valence-corrected chi connectivity index (χ2v) is 10.4. The Morgan fingerprint density at radius 3 is 3.00 bits per heavy atom. The van der Waals surface area contributed by atoms with Gasteiger partial charge in [-0.3, -0.25) is 4.79 Å².